The van der Waals surface area contributed by atoms with Crippen LogP contribution in [0.15, 0.2) is 4.99 Å². The Balaban J connectivity index is 2.74. The molecule has 0 aromatic carbocycles. The summed E-state index contributed by atoms with van der Waals surface area (Å²) in [6, 6.07) is 0.00370. The lowest BCUT2D eigenvalue weighted by Crippen LogP contribution is -2.28. The Bertz CT molecular complexity index is 196. The van der Waals surface area contributed by atoms with Gasteiger partial charge in [0.05, 0.1) is 12.1 Å². The van der Waals surface area contributed by atoms with Gasteiger partial charge in [-0.1, -0.05) is 13.8 Å². The van der Waals surface area contributed by atoms with Crippen LogP contribution in [0.25, 0.3) is 0 Å². The molecule has 0 aliphatic heterocycles. The first-order valence-corrected chi connectivity index (χ1v) is 5.44. The summed E-state index contributed by atoms with van der Waals surface area (Å²) in [6.45, 7) is 8.64. The van der Waals surface area contributed by atoms with Gasteiger partial charge in [0.15, 0.2) is 0 Å². The molecule has 3 heteroatoms. The quantitative estimate of drug-likeness (QED) is 0.515. The van der Waals surface area contributed by atoms with Crippen molar-refractivity contribution >= 4 is 6.72 Å². The summed E-state index contributed by atoms with van der Waals surface area (Å²) < 4.78 is 0. The van der Waals surface area contributed by atoms with Crippen molar-refractivity contribution in [3.63, 3.8) is 0 Å². The second-order valence-corrected chi connectivity index (χ2v) is 4.62. The molecule has 1 aliphatic rings. The van der Waals surface area contributed by atoms with Gasteiger partial charge < -0.3 is 10.8 Å². The summed E-state index contributed by atoms with van der Waals surface area (Å²) in [7, 11) is 0. The minimum atomic E-state index is -0.353. The van der Waals surface area contributed by atoms with Crippen LogP contribution in [0.2, 0.25) is 0 Å². The molecule has 0 aromatic heterocycles. The van der Waals surface area contributed by atoms with Crippen LogP contribution in [-0.2, 0) is 0 Å². The Kier molecular flexibility index (Phi) is 4.08. The lowest BCUT2D eigenvalue weighted by atomic mass is 9.83. The van der Waals surface area contributed by atoms with Crippen molar-refractivity contribution in [3.05, 3.63) is 0 Å². The highest BCUT2D eigenvalue weighted by Crippen LogP contribution is 2.33. The van der Waals surface area contributed by atoms with Crippen molar-refractivity contribution in [1.29, 1.82) is 0 Å². The first-order valence-electron chi connectivity index (χ1n) is 5.44. The minimum absolute atomic E-state index is 0.00370. The van der Waals surface area contributed by atoms with Crippen LogP contribution in [0, 0.1) is 17.8 Å². The van der Waals surface area contributed by atoms with E-state index in [-0.39, 0.29) is 12.1 Å². The molecule has 3 N–H and O–H groups in total. The predicted molar refractivity (Wildman–Crippen MR) is 59.5 cm³/mol. The maximum absolute atomic E-state index is 9.90. The normalized spacial score (nSPS) is 44.4. The standard InChI is InChI=1S/C11H22N2O/c1-7-4-10(13-3)11(14)5-9(6-12)8(7)2/h7-11,14H,3-6,12H2,1-2H3. The summed E-state index contributed by atoms with van der Waals surface area (Å²) in [4.78, 5) is 4.00. The van der Waals surface area contributed by atoms with Crippen molar-refractivity contribution in [2.75, 3.05) is 6.54 Å². The van der Waals surface area contributed by atoms with Crippen molar-refractivity contribution in [2.45, 2.75) is 38.8 Å². The highest BCUT2D eigenvalue weighted by molar-refractivity contribution is 5.24. The third-order valence-corrected chi connectivity index (χ3v) is 3.78. The van der Waals surface area contributed by atoms with Gasteiger partial charge in [-0.2, -0.15) is 0 Å². The molecule has 1 rings (SSSR count). The van der Waals surface area contributed by atoms with Gasteiger partial charge in [-0.15, -0.1) is 0 Å². The molecule has 0 aromatic rings. The third kappa shape index (κ3) is 2.34. The molecule has 0 radical (unpaired) electrons. The van der Waals surface area contributed by atoms with Gasteiger partial charge in [-0.05, 0) is 43.9 Å². The zero-order chi connectivity index (χ0) is 10.7. The fraction of sp³-hybridized carbons (Fsp3) is 0.909. The van der Waals surface area contributed by atoms with Crippen molar-refractivity contribution in [1.82, 2.24) is 0 Å². The van der Waals surface area contributed by atoms with E-state index < -0.39 is 0 Å². The monoisotopic (exact) mass is 198 g/mol. The topological polar surface area (TPSA) is 58.6 Å². The highest BCUT2D eigenvalue weighted by atomic mass is 16.3. The minimum Gasteiger partial charge on any atom is -0.391 e. The van der Waals surface area contributed by atoms with Gasteiger partial charge in [0, 0.05) is 0 Å². The molecule has 5 unspecified atom stereocenters. The average Bonchev–Trinajstić information content (AvgIpc) is 2.29. The van der Waals surface area contributed by atoms with E-state index in [0.717, 1.165) is 12.8 Å². The van der Waals surface area contributed by atoms with E-state index in [4.69, 9.17) is 5.73 Å². The number of nitrogens with two attached hydrogens (primary N) is 1. The zero-order valence-electron chi connectivity index (χ0n) is 9.19. The predicted octanol–water partition coefficient (Wildman–Crippen LogP) is 1.06. The molecule has 1 fully saturated rings. The summed E-state index contributed by atoms with van der Waals surface area (Å²) in [5.41, 5.74) is 5.72. The van der Waals surface area contributed by atoms with Gasteiger partial charge >= 0.3 is 0 Å². The molecule has 0 spiro atoms. The third-order valence-electron chi connectivity index (χ3n) is 3.78. The van der Waals surface area contributed by atoms with Gasteiger partial charge in [-0.3, -0.25) is 4.99 Å². The summed E-state index contributed by atoms with van der Waals surface area (Å²) >= 11 is 0. The van der Waals surface area contributed by atoms with Crippen LogP contribution in [0.1, 0.15) is 26.7 Å². The molecule has 1 aliphatic carbocycles. The van der Waals surface area contributed by atoms with E-state index in [1.807, 2.05) is 0 Å². The number of aliphatic imine (C=N–C) groups is 1. The maximum Gasteiger partial charge on any atom is 0.0766 e. The molecule has 0 saturated heterocycles. The van der Waals surface area contributed by atoms with Crippen LogP contribution < -0.4 is 5.73 Å². The van der Waals surface area contributed by atoms with E-state index in [2.05, 4.69) is 25.6 Å². The molecule has 0 amide bonds. The van der Waals surface area contributed by atoms with Crippen LogP contribution in [0.4, 0.5) is 0 Å². The second-order valence-electron chi connectivity index (χ2n) is 4.62. The van der Waals surface area contributed by atoms with Crippen molar-refractivity contribution in [2.24, 2.45) is 28.5 Å². The van der Waals surface area contributed by atoms with Gasteiger partial charge in [0.2, 0.25) is 0 Å². The second kappa shape index (κ2) is 4.89. The van der Waals surface area contributed by atoms with Crippen molar-refractivity contribution in [3.8, 4) is 0 Å². The summed E-state index contributed by atoms with van der Waals surface area (Å²) in [6.07, 6.45) is 1.35. The Morgan fingerprint density at radius 1 is 1.43 bits per heavy atom. The maximum atomic E-state index is 9.90. The van der Waals surface area contributed by atoms with E-state index in [1.54, 1.807) is 0 Å². The lowest BCUT2D eigenvalue weighted by Gasteiger charge is -2.24. The average molecular weight is 198 g/mol. The van der Waals surface area contributed by atoms with E-state index in [0.29, 0.717) is 24.3 Å². The van der Waals surface area contributed by atoms with Crippen LogP contribution in [0.3, 0.4) is 0 Å². The number of aliphatic hydroxyl groups is 1. The molecular formula is C11H22N2O. The molecule has 5 atom stereocenters. The summed E-state index contributed by atoms with van der Waals surface area (Å²) in [5.74, 6) is 1.56. The Morgan fingerprint density at radius 3 is 2.57 bits per heavy atom. The van der Waals surface area contributed by atoms with Crippen LogP contribution in [0.5, 0.6) is 0 Å². The number of aliphatic hydroxyl groups excluding tert-OH is 1. The first-order chi connectivity index (χ1) is 6.60. The smallest absolute Gasteiger partial charge is 0.0766 e. The number of nitrogens with zero attached hydrogens (tertiary/aromatic N) is 1. The van der Waals surface area contributed by atoms with Gasteiger partial charge in [0.25, 0.3) is 0 Å². The molecule has 0 heterocycles. The van der Waals surface area contributed by atoms with Crippen LogP contribution in [-0.4, -0.2) is 30.5 Å². The zero-order valence-corrected chi connectivity index (χ0v) is 9.19. The molecule has 0 bridgehead atoms. The van der Waals surface area contributed by atoms with Crippen LogP contribution >= 0.6 is 0 Å². The van der Waals surface area contributed by atoms with E-state index in [1.165, 1.54) is 0 Å². The summed E-state index contributed by atoms with van der Waals surface area (Å²) in [5, 5.41) is 9.90. The molecule has 1 saturated carbocycles. The molecule has 14 heavy (non-hydrogen) atoms. The number of hydrogen-bond acceptors (Lipinski definition) is 3. The molecule has 3 nitrogen and oxygen atoms in total. The first kappa shape index (κ1) is 11.7. The molecular weight excluding hydrogens is 176 g/mol. The van der Waals surface area contributed by atoms with E-state index >= 15 is 0 Å². The number of hydrogen-bond donors (Lipinski definition) is 2. The molecule has 82 valence electrons. The van der Waals surface area contributed by atoms with Gasteiger partial charge in [-0.25, -0.2) is 0 Å². The number of rotatable bonds is 2. The van der Waals surface area contributed by atoms with Crippen molar-refractivity contribution < 1.29 is 5.11 Å². The SMILES string of the molecule is C=NC1CC(C)C(C)C(CN)CC1O. The Morgan fingerprint density at radius 2 is 2.07 bits per heavy atom. The Labute approximate surface area is 86.4 Å². The lowest BCUT2D eigenvalue weighted by molar-refractivity contribution is 0.121. The Hall–Kier alpha value is -0.410. The highest BCUT2D eigenvalue weighted by Gasteiger charge is 2.33. The van der Waals surface area contributed by atoms with E-state index in [9.17, 15) is 5.11 Å². The van der Waals surface area contributed by atoms with Gasteiger partial charge in [0.1, 0.15) is 0 Å². The fourth-order valence-corrected chi connectivity index (χ4v) is 2.41. The largest absolute Gasteiger partial charge is 0.391 e. The fourth-order valence-electron chi connectivity index (χ4n) is 2.41.